The number of hydrogen-bond donors (Lipinski definition) is 0. The van der Waals surface area contributed by atoms with Crippen LogP contribution < -0.4 is 0 Å². The molecule has 0 radical (unpaired) electrons. The van der Waals surface area contributed by atoms with Crippen molar-refractivity contribution in [3.63, 3.8) is 0 Å². The largest absolute Gasteiger partial charge is 0.336 e. The Hall–Kier alpha value is -1.56. The number of benzene rings is 1. The van der Waals surface area contributed by atoms with Crippen LogP contribution in [0.1, 0.15) is 42.7 Å². The summed E-state index contributed by atoms with van der Waals surface area (Å²) in [6.45, 7) is 10.6. The maximum Gasteiger partial charge on any atom is 0.257 e. The second-order valence-electron chi connectivity index (χ2n) is 6.83. The van der Waals surface area contributed by atoms with Crippen molar-refractivity contribution in [2.24, 2.45) is 0 Å². The third-order valence-corrected chi connectivity index (χ3v) is 5.58. The molecule has 0 atom stereocenters. The van der Waals surface area contributed by atoms with E-state index in [4.69, 9.17) is 23.2 Å². The maximum atomic E-state index is 13.1. The fourth-order valence-corrected chi connectivity index (χ4v) is 3.63. The Kier molecular flexibility index (Phi) is 5.90. The number of likely N-dealkylation sites (N-methyl/N-ethyl adjacent to an activating group) is 1. The zero-order valence-electron chi connectivity index (χ0n) is 15.4. The van der Waals surface area contributed by atoms with Crippen LogP contribution in [0.25, 0.3) is 5.69 Å². The Bertz CT molecular complexity index is 795. The predicted molar refractivity (Wildman–Crippen MR) is 106 cm³/mol. The van der Waals surface area contributed by atoms with Crippen molar-refractivity contribution in [1.29, 1.82) is 0 Å². The number of rotatable bonds is 4. The second-order valence-corrected chi connectivity index (χ2v) is 7.65. The molecule has 1 aromatic carbocycles. The lowest BCUT2D eigenvalue weighted by Gasteiger charge is -2.34. The zero-order chi connectivity index (χ0) is 18.8. The van der Waals surface area contributed by atoms with Gasteiger partial charge in [0.15, 0.2) is 0 Å². The van der Waals surface area contributed by atoms with Gasteiger partial charge in [0.2, 0.25) is 0 Å². The molecule has 3 rings (SSSR count). The second kappa shape index (κ2) is 7.99. The van der Waals surface area contributed by atoms with Gasteiger partial charge in [-0.3, -0.25) is 4.79 Å². The quantitative estimate of drug-likeness (QED) is 0.784. The lowest BCUT2D eigenvalue weighted by Crippen LogP contribution is -2.48. The average molecular weight is 395 g/mol. The summed E-state index contributed by atoms with van der Waals surface area (Å²) >= 11 is 12.2. The summed E-state index contributed by atoms with van der Waals surface area (Å²) in [6.07, 6.45) is 1.67. The summed E-state index contributed by atoms with van der Waals surface area (Å²) in [5.74, 6) is 0.193. The molecule has 5 nitrogen and oxygen atoms in total. The van der Waals surface area contributed by atoms with Gasteiger partial charge in [0.25, 0.3) is 5.91 Å². The smallest absolute Gasteiger partial charge is 0.257 e. The first-order valence-electron chi connectivity index (χ1n) is 8.97. The summed E-state index contributed by atoms with van der Waals surface area (Å²) in [6, 6.07) is 5.38. The van der Waals surface area contributed by atoms with Crippen LogP contribution in [0.15, 0.2) is 24.4 Å². The molecule has 0 spiro atoms. The molecule has 2 heterocycles. The summed E-state index contributed by atoms with van der Waals surface area (Å²) in [7, 11) is 0. The Morgan fingerprint density at radius 1 is 1.15 bits per heavy atom. The highest BCUT2D eigenvalue weighted by atomic mass is 35.5. The summed E-state index contributed by atoms with van der Waals surface area (Å²) < 4.78 is 1.79. The van der Waals surface area contributed by atoms with E-state index in [-0.39, 0.29) is 11.8 Å². The Morgan fingerprint density at radius 2 is 1.85 bits per heavy atom. The van der Waals surface area contributed by atoms with Gasteiger partial charge in [0, 0.05) is 26.2 Å². The molecule has 0 bridgehead atoms. The Morgan fingerprint density at radius 3 is 2.42 bits per heavy atom. The molecule has 1 fully saturated rings. The number of aromatic nitrogens is 2. The minimum absolute atomic E-state index is 0.0516. The Balaban J connectivity index is 1.92. The topological polar surface area (TPSA) is 41.4 Å². The van der Waals surface area contributed by atoms with Gasteiger partial charge in [0.1, 0.15) is 0 Å². The lowest BCUT2D eigenvalue weighted by molar-refractivity contribution is 0.0642. The van der Waals surface area contributed by atoms with Crippen molar-refractivity contribution >= 4 is 29.1 Å². The molecule has 1 amide bonds. The molecule has 0 saturated carbocycles. The highest BCUT2D eigenvalue weighted by molar-refractivity contribution is 6.42. The molecule has 1 saturated heterocycles. The highest BCUT2D eigenvalue weighted by Crippen LogP contribution is 2.28. The number of carbonyl (C=O) groups excluding carboxylic acids is 1. The predicted octanol–water partition coefficient (Wildman–Crippen LogP) is 4.08. The van der Waals surface area contributed by atoms with E-state index in [2.05, 4.69) is 30.8 Å². The van der Waals surface area contributed by atoms with Crippen LogP contribution in [0.3, 0.4) is 0 Å². The maximum absolute atomic E-state index is 13.1. The van der Waals surface area contributed by atoms with E-state index in [1.54, 1.807) is 23.0 Å². The Labute approximate surface area is 164 Å². The van der Waals surface area contributed by atoms with Gasteiger partial charge >= 0.3 is 0 Å². The van der Waals surface area contributed by atoms with Crippen LogP contribution in [0, 0.1) is 0 Å². The van der Waals surface area contributed by atoms with Crippen LogP contribution in [-0.4, -0.2) is 58.2 Å². The minimum Gasteiger partial charge on any atom is -0.336 e. The number of hydrogen-bond acceptors (Lipinski definition) is 3. The standard InChI is InChI=1S/C19H24Cl2N4O/c1-4-23-7-9-24(10-8-23)19(26)15-12-22-25(18(15)13(2)3)14-5-6-16(20)17(21)11-14/h5-6,11-13H,4,7-10H2,1-3H3. The molecule has 140 valence electrons. The number of piperazine rings is 1. The molecule has 1 aliphatic rings. The molecule has 0 N–H and O–H groups in total. The van der Waals surface area contributed by atoms with Gasteiger partial charge in [-0.2, -0.15) is 5.10 Å². The molecule has 1 aliphatic heterocycles. The molecule has 2 aromatic rings. The molecule has 7 heteroatoms. The fourth-order valence-electron chi connectivity index (χ4n) is 3.34. The monoisotopic (exact) mass is 394 g/mol. The van der Waals surface area contributed by atoms with E-state index in [0.717, 1.165) is 44.1 Å². The lowest BCUT2D eigenvalue weighted by atomic mass is 10.0. The summed E-state index contributed by atoms with van der Waals surface area (Å²) in [5, 5.41) is 5.45. The van der Waals surface area contributed by atoms with Crippen LogP contribution in [0.4, 0.5) is 0 Å². The first-order chi connectivity index (χ1) is 12.4. The molecular formula is C19H24Cl2N4O. The van der Waals surface area contributed by atoms with Gasteiger partial charge in [0.05, 0.1) is 33.2 Å². The first-order valence-corrected chi connectivity index (χ1v) is 9.73. The van der Waals surface area contributed by atoms with Crippen molar-refractivity contribution in [2.45, 2.75) is 26.7 Å². The van der Waals surface area contributed by atoms with E-state index in [1.807, 2.05) is 11.0 Å². The molecule has 26 heavy (non-hydrogen) atoms. The van der Waals surface area contributed by atoms with Crippen molar-refractivity contribution in [3.05, 3.63) is 45.7 Å². The zero-order valence-corrected chi connectivity index (χ0v) is 16.9. The van der Waals surface area contributed by atoms with Gasteiger partial charge in [-0.05, 0) is 30.7 Å². The normalized spacial score (nSPS) is 15.7. The van der Waals surface area contributed by atoms with Crippen LogP contribution in [0.2, 0.25) is 10.0 Å². The van der Waals surface area contributed by atoms with Gasteiger partial charge < -0.3 is 9.80 Å². The van der Waals surface area contributed by atoms with Crippen molar-refractivity contribution < 1.29 is 4.79 Å². The third kappa shape index (κ3) is 3.75. The van der Waals surface area contributed by atoms with Crippen molar-refractivity contribution in [1.82, 2.24) is 19.6 Å². The minimum atomic E-state index is 0.0516. The van der Waals surface area contributed by atoms with E-state index >= 15 is 0 Å². The number of halogens is 2. The number of nitrogens with zero attached hydrogens (tertiary/aromatic N) is 4. The number of carbonyl (C=O) groups is 1. The van der Waals surface area contributed by atoms with Crippen LogP contribution in [0.5, 0.6) is 0 Å². The van der Waals surface area contributed by atoms with E-state index < -0.39 is 0 Å². The fraction of sp³-hybridized carbons (Fsp3) is 0.474. The van der Waals surface area contributed by atoms with Crippen LogP contribution >= 0.6 is 23.2 Å². The average Bonchev–Trinajstić information content (AvgIpc) is 3.09. The van der Waals surface area contributed by atoms with Crippen molar-refractivity contribution in [2.75, 3.05) is 32.7 Å². The van der Waals surface area contributed by atoms with Gasteiger partial charge in [-0.15, -0.1) is 0 Å². The van der Waals surface area contributed by atoms with Gasteiger partial charge in [-0.25, -0.2) is 4.68 Å². The van der Waals surface area contributed by atoms with Crippen molar-refractivity contribution in [3.8, 4) is 5.69 Å². The number of amides is 1. The van der Waals surface area contributed by atoms with Crippen LogP contribution in [-0.2, 0) is 0 Å². The molecular weight excluding hydrogens is 371 g/mol. The highest BCUT2D eigenvalue weighted by Gasteiger charge is 2.27. The first kappa shape index (κ1) is 19.2. The summed E-state index contributed by atoms with van der Waals surface area (Å²) in [4.78, 5) is 17.4. The molecule has 1 aromatic heterocycles. The van der Waals surface area contributed by atoms with E-state index in [1.165, 1.54) is 0 Å². The third-order valence-electron chi connectivity index (χ3n) is 4.84. The van der Waals surface area contributed by atoms with Gasteiger partial charge in [-0.1, -0.05) is 44.0 Å². The SMILES string of the molecule is CCN1CCN(C(=O)c2cnn(-c3ccc(Cl)c(Cl)c3)c2C(C)C)CC1. The van der Waals surface area contributed by atoms with E-state index in [0.29, 0.717) is 15.6 Å². The molecule has 0 unspecified atom stereocenters. The molecule has 0 aliphatic carbocycles. The summed E-state index contributed by atoms with van der Waals surface area (Å²) in [5.41, 5.74) is 2.36. The van der Waals surface area contributed by atoms with E-state index in [9.17, 15) is 4.79 Å².